The molecule has 0 atom stereocenters. The van der Waals surface area contributed by atoms with E-state index in [-0.39, 0.29) is 12.1 Å². The fourth-order valence-corrected chi connectivity index (χ4v) is 2.63. The highest BCUT2D eigenvalue weighted by Crippen LogP contribution is 2.36. The summed E-state index contributed by atoms with van der Waals surface area (Å²) in [6.07, 6.45) is -2.79. The second kappa shape index (κ2) is 6.44. The van der Waals surface area contributed by atoms with E-state index in [4.69, 9.17) is 0 Å². The molecule has 0 saturated heterocycles. The lowest BCUT2D eigenvalue weighted by Crippen LogP contribution is -2.14. The SMILES string of the molecule is CNCc1ccc(Sc2nccc(C)n2)cc1C(F)(F)F. The zero-order valence-corrected chi connectivity index (χ0v) is 12.3. The molecule has 0 aliphatic heterocycles. The zero-order chi connectivity index (χ0) is 15.5. The fourth-order valence-electron chi connectivity index (χ4n) is 1.81. The maximum Gasteiger partial charge on any atom is 0.416 e. The quantitative estimate of drug-likeness (QED) is 0.874. The van der Waals surface area contributed by atoms with Crippen molar-refractivity contribution < 1.29 is 13.2 Å². The summed E-state index contributed by atoms with van der Waals surface area (Å²) in [5.41, 5.74) is 0.365. The summed E-state index contributed by atoms with van der Waals surface area (Å²) in [6, 6.07) is 6.01. The molecule has 0 amide bonds. The Kier molecular flexibility index (Phi) is 4.84. The lowest BCUT2D eigenvalue weighted by atomic mass is 10.1. The van der Waals surface area contributed by atoms with Crippen molar-refractivity contribution in [3.63, 3.8) is 0 Å². The second-order valence-electron chi connectivity index (χ2n) is 4.43. The minimum atomic E-state index is -4.38. The fraction of sp³-hybridized carbons (Fsp3) is 0.286. The van der Waals surface area contributed by atoms with Crippen LogP contribution in [-0.2, 0) is 12.7 Å². The van der Waals surface area contributed by atoms with Crippen LogP contribution < -0.4 is 5.32 Å². The number of nitrogens with one attached hydrogen (secondary N) is 1. The van der Waals surface area contributed by atoms with Gasteiger partial charge in [-0.2, -0.15) is 13.2 Å². The van der Waals surface area contributed by atoms with E-state index in [2.05, 4.69) is 15.3 Å². The number of rotatable bonds is 4. The number of hydrogen-bond acceptors (Lipinski definition) is 4. The predicted octanol–water partition coefficient (Wildman–Crippen LogP) is 3.67. The van der Waals surface area contributed by atoms with E-state index in [0.29, 0.717) is 10.1 Å². The van der Waals surface area contributed by atoms with Crippen molar-refractivity contribution in [2.24, 2.45) is 0 Å². The minimum absolute atomic E-state index is 0.167. The lowest BCUT2D eigenvalue weighted by molar-refractivity contribution is -0.138. The van der Waals surface area contributed by atoms with Crippen molar-refractivity contribution in [3.8, 4) is 0 Å². The highest BCUT2D eigenvalue weighted by atomic mass is 32.2. The maximum atomic E-state index is 13.1. The van der Waals surface area contributed by atoms with E-state index in [1.54, 1.807) is 25.4 Å². The molecule has 21 heavy (non-hydrogen) atoms. The summed E-state index contributed by atoms with van der Waals surface area (Å²) < 4.78 is 39.3. The van der Waals surface area contributed by atoms with Gasteiger partial charge in [0.15, 0.2) is 5.16 Å². The Hall–Kier alpha value is -1.60. The van der Waals surface area contributed by atoms with E-state index in [1.807, 2.05) is 6.92 Å². The molecule has 1 heterocycles. The molecule has 0 radical (unpaired) electrons. The highest BCUT2D eigenvalue weighted by molar-refractivity contribution is 7.99. The topological polar surface area (TPSA) is 37.8 Å². The van der Waals surface area contributed by atoms with Crippen molar-refractivity contribution in [2.45, 2.75) is 29.7 Å². The van der Waals surface area contributed by atoms with Crippen LogP contribution in [0.2, 0.25) is 0 Å². The van der Waals surface area contributed by atoms with Gasteiger partial charge < -0.3 is 5.32 Å². The van der Waals surface area contributed by atoms with E-state index in [1.165, 1.54) is 6.07 Å². The molecule has 7 heteroatoms. The molecule has 1 N–H and O–H groups in total. The third kappa shape index (κ3) is 4.18. The molecule has 1 aromatic heterocycles. The number of alkyl halides is 3. The van der Waals surface area contributed by atoms with E-state index in [0.717, 1.165) is 23.5 Å². The van der Waals surface area contributed by atoms with Gasteiger partial charge in [-0.05, 0) is 49.5 Å². The molecular formula is C14H14F3N3S. The van der Waals surface area contributed by atoms with Gasteiger partial charge >= 0.3 is 6.18 Å². The minimum Gasteiger partial charge on any atom is -0.316 e. The Morgan fingerprint density at radius 2 is 2.00 bits per heavy atom. The third-order valence-electron chi connectivity index (χ3n) is 2.74. The monoisotopic (exact) mass is 313 g/mol. The standard InChI is InChI=1S/C14H14F3N3S/c1-9-5-6-19-13(20-9)21-11-4-3-10(8-18-2)12(7-11)14(15,16)17/h3-7,18H,8H2,1-2H3. The van der Waals surface area contributed by atoms with Crippen LogP contribution in [0.25, 0.3) is 0 Å². The van der Waals surface area contributed by atoms with Crippen molar-refractivity contribution in [1.82, 2.24) is 15.3 Å². The summed E-state index contributed by atoms with van der Waals surface area (Å²) >= 11 is 1.12. The van der Waals surface area contributed by atoms with Gasteiger partial charge in [-0.1, -0.05) is 6.07 Å². The van der Waals surface area contributed by atoms with Crippen LogP contribution in [0.3, 0.4) is 0 Å². The maximum absolute atomic E-state index is 13.1. The largest absolute Gasteiger partial charge is 0.416 e. The number of aryl methyl sites for hydroxylation is 1. The number of aromatic nitrogens is 2. The van der Waals surface area contributed by atoms with Gasteiger partial charge in [0, 0.05) is 23.3 Å². The molecule has 0 aliphatic rings. The van der Waals surface area contributed by atoms with E-state index < -0.39 is 11.7 Å². The average molecular weight is 313 g/mol. The normalized spacial score (nSPS) is 11.7. The van der Waals surface area contributed by atoms with Crippen molar-refractivity contribution in [3.05, 3.63) is 47.3 Å². The van der Waals surface area contributed by atoms with Gasteiger partial charge in [0.25, 0.3) is 0 Å². The van der Waals surface area contributed by atoms with Crippen LogP contribution in [-0.4, -0.2) is 17.0 Å². The molecule has 0 spiro atoms. The van der Waals surface area contributed by atoms with Crippen molar-refractivity contribution in [2.75, 3.05) is 7.05 Å². The second-order valence-corrected chi connectivity index (χ2v) is 5.47. The zero-order valence-electron chi connectivity index (χ0n) is 11.5. The van der Waals surface area contributed by atoms with Gasteiger partial charge in [0.05, 0.1) is 5.56 Å². The number of nitrogens with zero attached hydrogens (tertiary/aromatic N) is 2. The summed E-state index contributed by atoms with van der Waals surface area (Å²) in [6.45, 7) is 1.98. The molecule has 2 rings (SSSR count). The molecular weight excluding hydrogens is 299 g/mol. The molecule has 0 fully saturated rings. The Morgan fingerprint density at radius 1 is 1.24 bits per heavy atom. The number of benzene rings is 1. The average Bonchev–Trinajstić information content (AvgIpc) is 2.39. The third-order valence-corrected chi connectivity index (χ3v) is 3.60. The van der Waals surface area contributed by atoms with Gasteiger partial charge in [0.1, 0.15) is 0 Å². The van der Waals surface area contributed by atoms with Crippen LogP contribution >= 0.6 is 11.8 Å². The number of hydrogen-bond donors (Lipinski definition) is 1. The Bertz CT molecular complexity index is 629. The van der Waals surface area contributed by atoms with Gasteiger partial charge in [0.2, 0.25) is 0 Å². The van der Waals surface area contributed by atoms with Gasteiger partial charge in [-0.25, -0.2) is 9.97 Å². The Labute approximate surface area is 125 Å². The molecule has 0 aliphatic carbocycles. The lowest BCUT2D eigenvalue weighted by Gasteiger charge is -2.14. The van der Waals surface area contributed by atoms with Gasteiger partial charge in [-0.3, -0.25) is 0 Å². The molecule has 1 aromatic carbocycles. The molecule has 0 saturated carbocycles. The highest BCUT2D eigenvalue weighted by Gasteiger charge is 2.33. The first-order valence-corrected chi connectivity index (χ1v) is 7.04. The first-order chi connectivity index (χ1) is 9.90. The smallest absolute Gasteiger partial charge is 0.316 e. The van der Waals surface area contributed by atoms with Crippen LogP contribution in [0, 0.1) is 6.92 Å². The molecule has 2 aromatic rings. The van der Waals surface area contributed by atoms with Crippen molar-refractivity contribution in [1.29, 1.82) is 0 Å². The van der Waals surface area contributed by atoms with Crippen LogP contribution in [0.5, 0.6) is 0 Å². The van der Waals surface area contributed by atoms with Crippen LogP contribution in [0.15, 0.2) is 40.5 Å². The van der Waals surface area contributed by atoms with Crippen LogP contribution in [0.1, 0.15) is 16.8 Å². The predicted molar refractivity (Wildman–Crippen MR) is 75.1 cm³/mol. The van der Waals surface area contributed by atoms with E-state index >= 15 is 0 Å². The summed E-state index contributed by atoms with van der Waals surface area (Å²) in [4.78, 5) is 8.69. The molecule has 0 unspecified atom stereocenters. The summed E-state index contributed by atoms with van der Waals surface area (Å²) in [5, 5.41) is 3.18. The Morgan fingerprint density at radius 3 is 2.62 bits per heavy atom. The number of halogens is 3. The van der Waals surface area contributed by atoms with Gasteiger partial charge in [-0.15, -0.1) is 0 Å². The summed E-state index contributed by atoms with van der Waals surface area (Å²) in [5.74, 6) is 0. The molecule has 112 valence electrons. The van der Waals surface area contributed by atoms with E-state index in [9.17, 15) is 13.2 Å². The first kappa shape index (κ1) is 15.8. The summed E-state index contributed by atoms with van der Waals surface area (Å²) in [7, 11) is 1.61. The van der Waals surface area contributed by atoms with Crippen molar-refractivity contribution >= 4 is 11.8 Å². The molecule has 3 nitrogen and oxygen atoms in total. The van der Waals surface area contributed by atoms with Crippen LogP contribution in [0.4, 0.5) is 13.2 Å². The molecule has 0 bridgehead atoms. The Balaban J connectivity index is 2.33. The first-order valence-electron chi connectivity index (χ1n) is 6.22.